The van der Waals surface area contributed by atoms with Crippen molar-refractivity contribution in [1.29, 1.82) is 0 Å². The Morgan fingerprint density at radius 2 is 2.26 bits per heavy atom. The Morgan fingerprint density at radius 3 is 2.79 bits per heavy atom. The minimum atomic E-state index is -0.516. The third kappa shape index (κ3) is 5.87. The molecular formula is C14H19BrN2O2. The van der Waals surface area contributed by atoms with E-state index >= 15 is 0 Å². The molecule has 104 valence electrons. The molecule has 0 fully saturated rings. The number of carbonyl (C=O) groups excluding carboxylic acids is 1. The lowest BCUT2D eigenvalue weighted by molar-refractivity contribution is 0.0504. The molecule has 0 aliphatic rings. The van der Waals surface area contributed by atoms with Crippen LogP contribution in [0.15, 0.2) is 35.6 Å². The molecule has 1 N–H and O–H groups in total. The minimum absolute atomic E-state index is 0.197. The molecule has 1 aromatic heterocycles. The molecule has 0 spiro atoms. The Kier molecular flexibility index (Phi) is 5.54. The number of aromatic nitrogens is 1. The van der Waals surface area contributed by atoms with Crippen LogP contribution in [0.1, 0.15) is 38.8 Å². The number of hydrogen-bond acceptors (Lipinski definition) is 3. The molecule has 1 rings (SSSR count). The summed E-state index contributed by atoms with van der Waals surface area (Å²) in [5, 5.41) is 2.82. The van der Waals surface area contributed by atoms with Gasteiger partial charge < -0.3 is 10.1 Å². The van der Waals surface area contributed by atoms with Crippen LogP contribution in [0.25, 0.3) is 0 Å². The van der Waals surface area contributed by atoms with Crippen molar-refractivity contribution in [3.8, 4) is 0 Å². The van der Waals surface area contributed by atoms with E-state index in [1.54, 1.807) is 18.5 Å². The Morgan fingerprint density at radius 1 is 1.58 bits per heavy atom. The maximum absolute atomic E-state index is 11.8. The van der Waals surface area contributed by atoms with Crippen LogP contribution in [0.2, 0.25) is 0 Å². The highest BCUT2D eigenvalue weighted by Gasteiger charge is 2.20. The fraction of sp³-hybridized carbons (Fsp3) is 0.429. The normalized spacial score (nSPS) is 12.6. The van der Waals surface area contributed by atoms with E-state index in [9.17, 15) is 4.79 Å². The quantitative estimate of drug-likeness (QED) is 0.851. The number of pyridine rings is 1. The Labute approximate surface area is 122 Å². The number of nitrogens with zero attached hydrogens (tertiary/aromatic N) is 1. The minimum Gasteiger partial charge on any atom is -0.444 e. The van der Waals surface area contributed by atoms with E-state index in [4.69, 9.17) is 4.74 Å². The fourth-order valence-corrected chi connectivity index (χ4v) is 1.90. The van der Waals surface area contributed by atoms with Gasteiger partial charge in [-0.2, -0.15) is 0 Å². The van der Waals surface area contributed by atoms with Crippen LogP contribution < -0.4 is 5.32 Å². The van der Waals surface area contributed by atoms with E-state index < -0.39 is 11.7 Å². The second kappa shape index (κ2) is 6.70. The first-order valence-electron chi connectivity index (χ1n) is 6.02. The Hall–Kier alpha value is -1.36. The summed E-state index contributed by atoms with van der Waals surface area (Å²) in [6.45, 7) is 9.19. The van der Waals surface area contributed by atoms with Crippen molar-refractivity contribution in [2.75, 3.05) is 0 Å². The van der Waals surface area contributed by atoms with E-state index in [1.165, 1.54) is 0 Å². The number of carbonyl (C=O) groups is 1. The number of hydrogen-bond donors (Lipinski definition) is 1. The lowest BCUT2D eigenvalue weighted by atomic mass is 10.1. The molecule has 1 atom stereocenters. The van der Waals surface area contributed by atoms with Crippen molar-refractivity contribution in [3.05, 3.63) is 41.2 Å². The Balaban J connectivity index is 2.78. The highest BCUT2D eigenvalue weighted by Crippen LogP contribution is 2.20. The van der Waals surface area contributed by atoms with Crippen LogP contribution in [-0.2, 0) is 4.74 Å². The van der Waals surface area contributed by atoms with Crippen LogP contribution in [0.5, 0.6) is 0 Å². The van der Waals surface area contributed by atoms with E-state index in [0.29, 0.717) is 6.42 Å². The summed E-state index contributed by atoms with van der Waals surface area (Å²) in [5.41, 5.74) is 0.387. The molecule has 5 heteroatoms. The maximum Gasteiger partial charge on any atom is 0.408 e. The van der Waals surface area contributed by atoms with Gasteiger partial charge in [-0.05, 0) is 54.8 Å². The number of halogens is 1. The first kappa shape index (κ1) is 15.7. The average Bonchev–Trinajstić information content (AvgIpc) is 2.26. The van der Waals surface area contributed by atoms with Gasteiger partial charge in [0.1, 0.15) is 5.60 Å². The number of alkyl carbamates (subject to hydrolysis) is 1. The van der Waals surface area contributed by atoms with E-state index in [-0.39, 0.29) is 6.04 Å². The average molecular weight is 327 g/mol. The highest BCUT2D eigenvalue weighted by molar-refractivity contribution is 9.10. The summed E-state index contributed by atoms with van der Waals surface area (Å²) >= 11 is 3.36. The van der Waals surface area contributed by atoms with E-state index in [2.05, 4.69) is 32.8 Å². The van der Waals surface area contributed by atoms with Gasteiger partial charge in [0.25, 0.3) is 0 Å². The summed E-state index contributed by atoms with van der Waals surface area (Å²) in [6, 6.07) is 1.72. The van der Waals surface area contributed by atoms with Crippen molar-refractivity contribution < 1.29 is 9.53 Å². The number of rotatable bonds is 4. The standard InChI is InChI=1S/C14H19BrN2O2/c1-5-6-12(10-7-11(15)9-16-8-10)17-13(18)19-14(2,3)4/h5,7-9,12H,1,6H2,2-4H3,(H,17,18). The van der Waals surface area contributed by atoms with Gasteiger partial charge in [-0.1, -0.05) is 6.08 Å². The molecule has 0 saturated carbocycles. The molecule has 19 heavy (non-hydrogen) atoms. The maximum atomic E-state index is 11.8. The van der Waals surface area contributed by atoms with Gasteiger partial charge in [0, 0.05) is 16.9 Å². The highest BCUT2D eigenvalue weighted by atomic mass is 79.9. The summed E-state index contributed by atoms with van der Waals surface area (Å²) < 4.78 is 6.12. The van der Waals surface area contributed by atoms with Gasteiger partial charge in [-0.25, -0.2) is 4.79 Å². The second-order valence-electron chi connectivity index (χ2n) is 5.16. The smallest absolute Gasteiger partial charge is 0.408 e. The summed E-state index contributed by atoms with van der Waals surface area (Å²) in [5.74, 6) is 0. The Bertz CT molecular complexity index is 455. The largest absolute Gasteiger partial charge is 0.444 e. The topological polar surface area (TPSA) is 51.2 Å². The van der Waals surface area contributed by atoms with E-state index in [0.717, 1.165) is 10.0 Å². The molecule has 1 amide bonds. The van der Waals surface area contributed by atoms with Crippen molar-refractivity contribution in [3.63, 3.8) is 0 Å². The van der Waals surface area contributed by atoms with Gasteiger partial charge >= 0.3 is 6.09 Å². The SMILES string of the molecule is C=CCC(NC(=O)OC(C)(C)C)c1cncc(Br)c1. The molecule has 0 saturated heterocycles. The zero-order valence-electron chi connectivity index (χ0n) is 11.4. The third-order valence-electron chi connectivity index (χ3n) is 2.22. The fourth-order valence-electron chi connectivity index (χ4n) is 1.51. The molecule has 0 radical (unpaired) electrons. The zero-order valence-corrected chi connectivity index (χ0v) is 13.0. The van der Waals surface area contributed by atoms with Gasteiger partial charge in [0.2, 0.25) is 0 Å². The lowest BCUT2D eigenvalue weighted by Crippen LogP contribution is -2.34. The lowest BCUT2D eigenvalue weighted by Gasteiger charge is -2.23. The second-order valence-corrected chi connectivity index (χ2v) is 6.08. The van der Waals surface area contributed by atoms with Crippen molar-refractivity contribution in [2.24, 2.45) is 0 Å². The molecule has 0 aliphatic heterocycles. The van der Waals surface area contributed by atoms with Crippen molar-refractivity contribution >= 4 is 22.0 Å². The molecule has 1 aromatic rings. The number of nitrogens with one attached hydrogen (secondary N) is 1. The molecule has 1 heterocycles. The van der Waals surface area contributed by atoms with Crippen LogP contribution in [0.3, 0.4) is 0 Å². The molecule has 4 nitrogen and oxygen atoms in total. The summed E-state index contributed by atoms with van der Waals surface area (Å²) in [6.07, 6.45) is 5.33. The third-order valence-corrected chi connectivity index (χ3v) is 2.66. The first-order chi connectivity index (χ1) is 8.81. The van der Waals surface area contributed by atoms with Gasteiger partial charge in [-0.15, -0.1) is 6.58 Å². The molecule has 0 bridgehead atoms. The monoisotopic (exact) mass is 326 g/mol. The predicted molar refractivity (Wildman–Crippen MR) is 78.9 cm³/mol. The number of amides is 1. The van der Waals surface area contributed by atoms with Crippen LogP contribution in [-0.4, -0.2) is 16.7 Å². The molecular weight excluding hydrogens is 308 g/mol. The first-order valence-corrected chi connectivity index (χ1v) is 6.82. The molecule has 1 unspecified atom stereocenters. The predicted octanol–water partition coefficient (Wildman–Crippen LogP) is 3.99. The van der Waals surface area contributed by atoms with Gasteiger partial charge in [0.15, 0.2) is 0 Å². The summed E-state index contributed by atoms with van der Waals surface area (Å²) in [4.78, 5) is 15.9. The number of ether oxygens (including phenoxy) is 1. The van der Waals surface area contributed by atoms with Crippen LogP contribution in [0.4, 0.5) is 4.79 Å². The van der Waals surface area contributed by atoms with Gasteiger partial charge in [-0.3, -0.25) is 4.98 Å². The van der Waals surface area contributed by atoms with Gasteiger partial charge in [0.05, 0.1) is 6.04 Å². The van der Waals surface area contributed by atoms with E-state index in [1.807, 2.05) is 26.8 Å². The van der Waals surface area contributed by atoms with Crippen molar-refractivity contribution in [1.82, 2.24) is 10.3 Å². The van der Waals surface area contributed by atoms with Crippen molar-refractivity contribution in [2.45, 2.75) is 38.8 Å². The molecule has 0 aliphatic carbocycles. The van der Waals surface area contributed by atoms with Crippen LogP contribution >= 0.6 is 15.9 Å². The zero-order chi connectivity index (χ0) is 14.5. The summed E-state index contributed by atoms with van der Waals surface area (Å²) in [7, 11) is 0. The molecule has 0 aromatic carbocycles. The van der Waals surface area contributed by atoms with Crippen LogP contribution in [0, 0.1) is 0 Å².